The molecule has 6 nitrogen and oxygen atoms in total. The zero-order chi connectivity index (χ0) is 46.7. The minimum absolute atomic E-state index is 0.0739. The van der Waals surface area contributed by atoms with E-state index in [9.17, 15) is 19.8 Å². The molecule has 0 bridgehead atoms. The average molecular weight is 903 g/mol. The van der Waals surface area contributed by atoms with E-state index in [1.807, 2.05) is 0 Å². The maximum absolute atomic E-state index is 13.2. The van der Waals surface area contributed by atoms with E-state index in [1.54, 1.807) is 0 Å². The summed E-state index contributed by atoms with van der Waals surface area (Å²) in [5.74, 6) is -0.469. The standard InChI is InChI=1S/C58H111NO5/c1-4-7-10-13-16-19-22-24-26-27-28-29-31-33-36-39-42-45-48-51-58(63)64-54(49-46-43-40-37-35-32-30-25-23-20-17-14-11-8-5-2)52-57(62)59-55(53-60)56(61)50-47-44-41-38-34-21-18-15-12-9-6-3/h17,20,25,30,54-56,60-61H,4-16,18-19,21-24,26-29,31-53H2,1-3H3,(H,59,62)/b20-17-,30-25-. The molecule has 3 atom stereocenters. The molecular weight excluding hydrogens is 791 g/mol. The lowest BCUT2D eigenvalue weighted by Gasteiger charge is -2.24. The first-order chi connectivity index (χ1) is 31.5. The highest BCUT2D eigenvalue weighted by atomic mass is 16.5. The quantitative estimate of drug-likeness (QED) is 0.0321. The van der Waals surface area contributed by atoms with E-state index in [2.05, 4.69) is 50.4 Å². The lowest BCUT2D eigenvalue weighted by Crippen LogP contribution is -2.46. The van der Waals surface area contributed by atoms with Crippen LogP contribution >= 0.6 is 0 Å². The van der Waals surface area contributed by atoms with Crippen molar-refractivity contribution < 1.29 is 24.5 Å². The number of allylic oxidation sites excluding steroid dienone is 4. The summed E-state index contributed by atoms with van der Waals surface area (Å²) >= 11 is 0. The van der Waals surface area contributed by atoms with Crippen LogP contribution in [0.3, 0.4) is 0 Å². The topological polar surface area (TPSA) is 95.9 Å². The van der Waals surface area contributed by atoms with Crippen LogP contribution in [0.2, 0.25) is 0 Å². The fourth-order valence-corrected chi connectivity index (χ4v) is 8.93. The summed E-state index contributed by atoms with van der Waals surface area (Å²) in [5, 5.41) is 23.8. The highest BCUT2D eigenvalue weighted by Gasteiger charge is 2.24. The lowest BCUT2D eigenvalue weighted by molar-refractivity contribution is -0.151. The van der Waals surface area contributed by atoms with Gasteiger partial charge in [0.25, 0.3) is 0 Å². The van der Waals surface area contributed by atoms with Crippen molar-refractivity contribution in [3.8, 4) is 0 Å². The molecule has 0 aliphatic carbocycles. The van der Waals surface area contributed by atoms with E-state index in [0.717, 1.165) is 64.2 Å². The van der Waals surface area contributed by atoms with Crippen molar-refractivity contribution >= 4 is 11.9 Å². The van der Waals surface area contributed by atoms with Gasteiger partial charge in [-0.25, -0.2) is 0 Å². The van der Waals surface area contributed by atoms with Crippen LogP contribution in [0, 0.1) is 0 Å². The SMILES string of the molecule is CCCCC/C=C\C/C=C\CCCCCCCC(CC(=O)NC(CO)C(O)CCCCCCCCCCCCC)OC(=O)CCCCCCCCCCCCCCCCCCCCC. The Morgan fingerprint density at radius 2 is 0.797 bits per heavy atom. The third-order valence-corrected chi connectivity index (χ3v) is 13.3. The summed E-state index contributed by atoms with van der Waals surface area (Å²) in [4.78, 5) is 26.2. The molecule has 0 aromatic rings. The van der Waals surface area contributed by atoms with Gasteiger partial charge >= 0.3 is 5.97 Å². The van der Waals surface area contributed by atoms with Crippen molar-refractivity contribution in [1.82, 2.24) is 5.32 Å². The van der Waals surface area contributed by atoms with Crippen LogP contribution in [-0.4, -0.2) is 46.9 Å². The molecule has 378 valence electrons. The van der Waals surface area contributed by atoms with Gasteiger partial charge in [0.05, 0.1) is 25.2 Å². The molecule has 1 amide bonds. The van der Waals surface area contributed by atoms with Crippen molar-refractivity contribution in [3.05, 3.63) is 24.3 Å². The van der Waals surface area contributed by atoms with Gasteiger partial charge in [-0.05, 0) is 57.8 Å². The van der Waals surface area contributed by atoms with Gasteiger partial charge in [-0.1, -0.05) is 263 Å². The van der Waals surface area contributed by atoms with E-state index in [0.29, 0.717) is 19.3 Å². The van der Waals surface area contributed by atoms with Crippen LogP contribution in [0.15, 0.2) is 24.3 Å². The molecule has 0 fully saturated rings. The van der Waals surface area contributed by atoms with Crippen molar-refractivity contribution in [2.75, 3.05) is 6.61 Å². The number of carbonyl (C=O) groups is 2. The minimum atomic E-state index is -0.787. The number of aliphatic hydroxyl groups excluding tert-OH is 2. The Balaban J connectivity index is 4.50. The predicted molar refractivity (Wildman–Crippen MR) is 278 cm³/mol. The van der Waals surface area contributed by atoms with Crippen molar-refractivity contribution in [1.29, 1.82) is 0 Å². The summed E-state index contributed by atoms with van der Waals surface area (Å²) in [7, 11) is 0. The molecule has 0 saturated heterocycles. The van der Waals surface area contributed by atoms with Crippen molar-refractivity contribution in [2.45, 2.75) is 328 Å². The van der Waals surface area contributed by atoms with Gasteiger partial charge in [0.15, 0.2) is 0 Å². The number of hydrogen-bond acceptors (Lipinski definition) is 5. The number of aliphatic hydroxyl groups is 2. The summed E-state index contributed by atoms with van der Waals surface area (Å²) in [6, 6.07) is -0.702. The number of hydrogen-bond donors (Lipinski definition) is 3. The van der Waals surface area contributed by atoms with Crippen LogP contribution < -0.4 is 5.32 Å². The molecule has 0 saturated carbocycles. The highest BCUT2D eigenvalue weighted by Crippen LogP contribution is 2.19. The molecule has 6 heteroatoms. The van der Waals surface area contributed by atoms with Gasteiger partial charge in [0.2, 0.25) is 5.91 Å². The molecule has 0 rings (SSSR count). The largest absolute Gasteiger partial charge is 0.462 e. The van der Waals surface area contributed by atoms with Crippen LogP contribution in [0.1, 0.15) is 310 Å². The number of nitrogens with one attached hydrogen (secondary N) is 1. The number of unbranched alkanes of at least 4 members (excludes halogenated alkanes) is 36. The maximum Gasteiger partial charge on any atom is 0.306 e. The third kappa shape index (κ3) is 46.9. The Labute approximate surface area is 399 Å². The molecule has 0 aromatic carbocycles. The third-order valence-electron chi connectivity index (χ3n) is 13.3. The number of ether oxygens (including phenoxy) is 1. The van der Waals surface area contributed by atoms with Gasteiger partial charge in [-0.2, -0.15) is 0 Å². The smallest absolute Gasteiger partial charge is 0.306 e. The Bertz CT molecular complexity index is 1010. The van der Waals surface area contributed by atoms with Crippen molar-refractivity contribution in [2.24, 2.45) is 0 Å². The zero-order valence-corrected chi connectivity index (χ0v) is 43.2. The Morgan fingerprint density at radius 3 is 1.22 bits per heavy atom. The van der Waals surface area contributed by atoms with Gasteiger partial charge in [-0.15, -0.1) is 0 Å². The predicted octanol–water partition coefficient (Wildman–Crippen LogP) is 17.5. The Kier molecular flexibility index (Phi) is 51.0. The minimum Gasteiger partial charge on any atom is -0.462 e. The highest BCUT2D eigenvalue weighted by molar-refractivity contribution is 5.77. The first kappa shape index (κ1) is 62.3. The Hall–Kier alpha value is -1.66. The van der Waals surface area contributed by atoms with Crippen LogP contribution in [0.25, 0.3) is 0 Å². The second-order valence-corrected chi connectivity index (χ2v) is 19.7. The molecule has 0 aliphatic heterocycles. The summed E-state index contributed by atoms with van der Waals surface area (Å²) < 4.78 is 5.96. The first-order valence-corrected chi connectivity index (χ1v) is 28.6. The second kappa shape index (κ2) is 52.3. The lowest BCUT2D eigenvalue weighted by atomic mass is 10.0. The summed E-state index contributed by atoms with van der Waals surface area (Å²) in [6.45, 7) is 6.48. The van der Waals surface area contributed by atoms with Crippen LogP contribution in [0.4, 0.5) is 0 Å². The van der Waals surface area contributed by atoms with E-state index >= 15 is 0 Å². The number of rotatable bonds is 52. The molecule has 0 spiro atoms. The molecule has 0 aromatic heterocycles. The molecular formula is C58H111NO5. The number of amides is 1. The van der Waals surface area contributed by atoms with E-state index in [1.165, 1.54) is 199 Å². The monoisotopic (exact) mass is 902 g/mol. The number of esters is 1. The molecule has 0 heterocycles. The fourth-order valence-electron chi connectivity index (χ4n) is 8.93. The Morgan fingerprint density at radius 1 is 0.453 bits per heavy atom. The van der Waals surface area contributed by atoms with Crippen LogP contribution in [-0.2, 0) is 14.3 Å². The molecule has 0 radical (unpaired) electrons. The summed E-state index contributed by atoms with van der Waals surface area (Å²) in [6.07, 6.45) is 61.0. The average Bonchev–Trinajstić information content (AvgIpc) is 3.29. The number of carbonyl (C=O) groups excluding carboxylic acids is 2. The van der Waals surface area contributed by atoms with E-state index in [4.69, 9.17) is 4.74 Å². The second-order valence-electron chi connectivity index (χ2n) is 19.7. The molecule has 3 N–H and O–H groups in total. The first-order valence-electron chi connectivity index (χ1n) is 28.6. The van der Waals surface area contributed by atoms with E-state index in [-0.39, 0.29) is 24.9 Å². The van der Waals surface area contributed by atoms with Crippen molar-refractivity contribution in [3.63, 3.8) is 0 Å². The fraction of sp³-hybridized carbons (Fsp3) is 0.897. The normalized spacial score (nSPS) is 13.3. The van der Waals surface area contributed by atoms with Gasteiger partial charge < -0.3 is 20.3 Å². The van der Waals surface area contributed by atoms with Gasteiger partial charge in [0.1, 0.15) is 6.10 Å². The summed E-state index contributed by atoms with van der Waals surface area (Å²) in [5.41, 5.74) is 0. The van der Waals surface area contributed by atoms with Gasteiger partial charge in [0, 0.05) is 6.42 Å². The van der Waals surface area contributed by atoms with Crippen LogP contribution in [0.5, 0.6) is 0 Å². The van der Waals surface area contributed by atoms with E-state index < -0.39 is 18.2 Å². The van der Waals surface area contributed by atoms with Gasteiger partial charge in [-0.3, -0.25) is 9.59 Å². The maximum atomic E-state index is 13.2. The molecule has 64 heavy (non-hydrogen) atoms. The molecule has 0 aliphatic rings. The molecule has 3 unspecified atom stereocenters. The zero-order valence-electron chi connectivity index (χ0n) is 43.2.